The van der Waals surface area contributed by atoms with Crippen molar-refractivity contribution in [2.45, 2.75) is 27.7 Å². The summed E-state index contributed by atoms with van der Waals surface area (Å²) in [5.74, 6) is 0. The van der Waals surface area contributed by atoms with E-state index in [-0.39, 0.29) is 0 Å². The van der Waals surface area contributed by atoms with Gasteiger partial charge in [0.1, 0.15) is 0 Å². The fourth-order valence-corrected chi connectivity index (χ4v) is 0.854. The highest BCUT2D eigenvalue weighted by Crippen LogP contribution is 2.11. The van der Waals surface area contributed by atoms with E-state index in [4.69, 9.17) is 0 Å². The van der Waals surface area contributed by atoms with Crippen LogP contribution in [0.2, 0.25) is 0 Å². The smallest absolute Gasteiger partial charge is 0.0273 e. The summed E-state index contributed by atoms with van der Waals surface area (Å²) in [6.45, 7) is 12.0. The Kier molecular flexibility index (Phi) is 5.11. The van der Waals surface area contributed by atoms with Gasteiger partial charge in [-0.25, -0.2) is 0 Å². The van der Waals surface area contributed by atoms with E-state index >= 15 is 0 Å². The molecule has 0 rings (SSSR count). The summed E-state index contributed by atoms with van der Waals surface area (Å²) >= 11 is 0. The van der Waals surface area contributed by atoms with Crippen molar-refractivity contribution in [3.8, 4) is 0 Å². The molecule has 0 radical (unpaired) electrons. The van der Waals surface area contributed by atoms with E-state index in [0.717, 1.165) is 5.57 Å². The quantitative estimate of drug-likeness (QED) is 0.549. The maximum atomic E-state index is 3.81. The molecule has 0 N–H and O–H groups in total. The van der Waals surface area contributed by atoms with Crippen LogP contribution < -0.4 is 0 Å². The van der Waals surface area contributed by atoms with Gasteiger partial charge in [-0.1, -0.05) is 36.5 Å². The van der Waals surface area contributed by atoms with Crippen LogP contribution in [0.25, 0.3) is 0 Å². The van der Waals surface area contributed by atoms with Crippen LogP contribution in [-0.2, 0) is 0 Å². The van der Waals surface area contributed by atoms with Gasteiger partial charge in [0.05, 0.1) is 0 Å². The summed E-state index contributed by atoms with van der Waals surface area (Å²) < 4.78 is 0. The van der Waals surface area contributed by atoms with Crippen molar-refractivity contribution in [2.75, 3.05) is 0 Å². The average Bonchev–Trinajstić information content (AvgIpc) is 2.04. The van der Waals surface area contributed by atoms with E-state index in [1.54, 1.807) is 0 Å². The summed E-state index contributed by atoms with van der Waals surface area (Å²) in [4.78, 5) is 0. The van der Waals surface area contributed by atoms with E-state index in [9.17, 15) is 0 Å². The Hall–Kier alpha value is -1.04. The van der Waals surface area contributed by atoms with Crippen LogP contribution in [-0.4, -0.2) is 0 Å². The SMILES string of the molecule is C=C(C)\C=C/C(=C\C)C(/C)=C/C. The lowest BCUT2D eigenvalue weighted by Crippen LogP contribution is -1.79. The normalized spacial score (nSPS) is 14.0. The Labute approximate surface area is 76.0 Å². The molecule has 66 valence electrons. The molecule has 0 bridgehead atoms. The summed E-state index contributed by atoms with van der Waals surface area (Å²) in [6, 6.07) is 0. The summed E-state index contributed by atoms with van der Waals surface area (Å²) in [5, 5.41) is 0. The van der Waals surface area contributed by atoms with Gasteiger partial charge in [0.25, 0.3) is 0 Å². The molecule has 0 heterocycles. The monoisotopic (exact) mass is 162 g/mol. The summed E-state index contributed by atoms with van der Waals surface area (Å²) in [5.41, 5.74) is 3.65. The van der Waals surface area contributed by atoms with Crippen LogP contribution in [0.3, 0.4) is 0 Å². The molecule has 0 aliphatic carbocycles. The molecule has 0 aromatic rings. The highest BCUT2D eigenvalue weighted by atomic mass is 14.0. The molecule has 0 saturated heterocycles. The van der Waals surface area contributed by atoms with E-state index in [0.29, 0.717) is 0 Å². The molecule has 0 atom stereocenters. The van der Waals surface area contributed by atoms with Gasteiger partial charge in [0, 0.05) is 0 Å². The number of allylic oxidation sites excluding steroid dienone is 7. The minimum absolute atomic E-state index is 1.08. The number of hydrogen-bond donors (Lipinski definition) is 0. The second-order valence-corrected chi connectivity index (χ2v) is 2.90. The first-order valence-electron chi connectivity index (χ1n) is 4.25. The summed E-state index contributed by atoms with van der Waals surface area (Å²) in [6.07, 6.45) is 8.34. The van der Waals surface area contributed by atoms with Crippen molar-refractivity contribution in [1.29, 1.82) is 0 Å². The molecule has 0 aliphatic heterocycles. The highest BCUT2D eigenvalue weighted by molar-refractivity contribution is 5.39. The molecule has 0 aromatic carbocycles. The standard InChI is InChI=1S/C12H18/c1-6-11(5)12(7-2)9-8-10(3)4/h6-9H,3H2,1-2,4-5H3/b9-8-,11-6+,12-7+. The Bertz CT molecular complexity index is 237. The minimum atomic E-state index is 1.08. The van der Waals surface area contributed by atoms with E-state index < -0.39 is 0 Å². The minimum Gasteiger partial charge on any atom is -0.0961 e. The van der Waals surface area contributed by atoms with Gasteiger partial charge in [-0.05, 0) is 38.8 Å². The Morgan fingerprint density at radius 1 is 1.00 bits per heavy atom. The van der Waals surface area contributed by atoms with E-state index in [1.165, 1.54) is 11.1 Å². The van der Waals surface area contributed by atoms with Crippen molar-refractivity contribution in [1.82, 2.24) is 0 Å². The number of hydrogen-bond acceptors (Lipinski definition) is 0. The third kappa shape index (κ3) is 3.97. The van der Waals surface area contributed by atoms with Crippen LogP contribution in [0.4, 0.5) is 0 Å². The summed E-state index contributed by atoms with van der Waals surface area (Å²) in [7, 11) is 0. The molecule has 0 aliphatic rings. The predicted octanol–water partition coefficient (Wildman–Crippen LogP) is 4.03. The Balaban J connectivity index is 4.52. The van der Waals surface area contributed by atoms with Crippen molar-refractivity contribution in [3.05, 3.63) is 47.6 Å². The first-order chi connectivity index (χ1) is 5.61. The predicted molar refractivity (Wildman–Crippen MR) is 57.1 cm³/mol. The molecule has 0 unspecified atom stereocenters. The molecule has 0 nitrogen and oxygen atoms in total. The third-order valence-corrected chi connectivity index (χ3v) is 1.75. The zero-order chi connectivity index (χ0) is 9.56. The first kappa shape index (κ1) is 11.0. The van der Waals surface area contributed by atoms with Gasteiger partial charge in [0.15, 0.2) is 0 Å². The average molecular weight is 162 g/mol. The second kappa shape index (κ2) is 5.59. The fourth-order valence-electron chi connectivity index (χ4n) is 0.854. The molecule has 0 saturated carbocycles. The highest BCUT2D eigenvalue weighted by Gasteiger charge is 1.90. The lowest BCUT2D eigenvalue weighted by Gasteiger charge is -1.99. The zero-order valence-electron chi connectivity index (χ0n) is 8.52. The maximum Gasteiger partial charge on any atom is -0.0273 e. The van der Waals surface area contributed by atoms with Crippen LogP contribution in [0.1, 0.15) is 27.7 Å². The lowest BCUT2D eigenvalue weighted by molar-refractivity contribution is 1.37. The molecule has 12 heavy (non-hydrogen) atoms. The Morgan fingerprint density at radius 3 is 1.92 bits per heavy atom. The van der Waals surface area contributed by atoms with Gasteiger partial charge in [-0.3, -0.25) is 0 Å². The first-order valence-corrected chi connectivity index (χ1v) is 4.25. The molecular formula is C12H18. The zero-order valence-corrected chi connectivity index (χ0v) is 8.52. The van der Waals surface area contributed by atoms with Crippen LogP contribution in [0.5, 0.6) is 0 Å². The second-order valence-electron chi connectivity index (χ2n) is 2.90. The van der Waals surface area contributed by atoms with Gasteiger partial charge in [0.2, 0.25) is 0 Å². The molecule has 0 heteroatoms. The van der Waals surface area contributed by atoms with E-state index in [2.05, 4.69) is 31.7 Å². The topological polar surface area (TPSA) is 0 Å². The molecule has 0 fully saturated rings. The van der Waals surface area contributed by atoms with Crippen LogP contribution in [0, 0.1) is 0 Å². The molecule has 0 amide bonds. The molecule has 0 aromatic heterocycles. The maximum absolute atomic E-state index is 3.81. The van der Waals surface area contributed by atoms with Crippen molar-refractivity contribution in [2.24, 2.45) is 0 Å². The molecular weight excluding hydrogens is 144 g/mol. The van der Waals surface area contributed by atoms with Gasteiger partial charge >= 0.3 is 0 Å². The molecule has 0 spiro atoms. The van der Waals surface area contributed by atoms with Crippen molar-refractivity contribution >= 4 is 0 Å². The lowest BCUT2D eigenvalue weighted by atomic mass is 10.1. The van der Waals surface area contributed by atoms with Gasteiger partial charge < -0.3 is 0 Å². The largest absolute Gasteiger partial charge is 0.0961 e. The van der Waals surface area contributed by atoms with Gasteiger partial charge in [-0.2, -0.15) is 0 Å². The third-order valence-electron chi connectivity index (χ3n) is 1.75. The van der Waals surface area contributed by atoms with Crippen molar-refractivity contribution in [3.63, 3.8) is 0 Å². The van der Waals surface area contributed by atoms with Crippen molar-refractivity contribution < 1.29 is 0 Å². The van der Waals surface area contributed by atoms with Gasteiger partial charge in [-0.15, -0.1) is 0 Å². The fraction of sp³-hybridized carbons (Fsp3) is 0.333. The van der Waals surface area contributed by atoms with E-state index in [1.807, 2.05) is 26.8 Å². The van der Waals surface area contributed by atoms with Crippen LogP contribution >= 0.6 is 0 Å². The Morgan fingerprint density at radius 2 is 1.58 bits per heavy atom. The van der Waals surface area contributed by atoms with Crippen LogP contribution in [0.15, 0.2) is 47.6 Å². The number of rotatable bonds is 3.